The summed E-state index contributed by atoms with van der Waals surface area (Å²) in [5, 5.41) is -0.345. The molecule has 14 rings (SSSR count). The van der Waals surface area contributed by atoms with Crippen molar-refractivity contribution in [1.82, 2.24) is 19.2 Å². The summed E-state index contributed by atoms with van der Waals surface area (Å²) in [5.41, 5.74) is 6.63. The minimum Gasteiger partial charge on any atom is -0.490 e. The zero-order valence-electron chi connectivity index (χ0n) is 52.8. The molecule has 0 aromatic heterocycles. The molecule has 4 fully saturated rings. The molecule has 4 amide bonds. The summed E-state index contributed by atoms with van der Waals surface area (Å²) in [6.07, 6.45) is 19.0. The Labute approximate surface area is 550 Å². The molecule has 2 saturated heterocycles. The quantitative estimate of drug-likeness (QED) is 0.179. The van der Waals surface area contributed by atoms with Crippen LogP contribution < -0.4 is 28.7 Å². The van der Waals surface area contributed by atoms with Crippen molar-refractivity contribution < 1.29 is 55.0 Å². The summed E-state index contributed by atoms with van der Waals surface area (Å²) < 4.78 is 84.8. The van der Waals surface area contributed by atoms with E-state index in [1.165, 1.54) is 36.1 Å². The minimum absolute atomic E-state index is 0.0510. The van der Waals surface area contributed by atoms with E-state index in [9.17, 15) is 36.0 Å². The number of nitrogens with zero attached hydrogens (tertiary/aromatic N) is 4. The van der Waals surface area contributed by atoms with E-state index in [2.05, 4.69) is 55.7 Å². The zero-order valence-corrected chi connectivity index (χ0v) is 56.0. The van der Waals surface area contributed by atoms with Crippen LogP contribution in [-0.2, 0) is 62.8 Å². The fourth-order valence-corrected chi connectivity index (χ4v) is 20.6. The number of hydrogen-bond donors (Lipinski definition) is 2. The van der Waals surface area contributed by atoms with Crippen molar-refractivity contribution in [3.8, 4) is 11.5 Å². The Hall–Kier alpha value is -6.16. The number of hydrogen-bond acceptors (Lipinski definition) is 14. The number of nitrogens with one attached hydrogen (secondary N) is 2. The molecule has 0 radical (unpaired) electrons. The van der Waals surface area contributed by atoms with E-state index in [4.69, 9.17) is 42.1 Å². The fourth-order valence-electron chi connectivity index (χ4n) is 17.0. The van der Waals surface area contributed by atoms with Crippen molar-refractivity contribution in [3.05, 3.63) is 141 Å². The third-order valence-corrected chi connectivity index (χ3v) is 26.4. The number of ether oxygens (including phenoxy) is 4. The van der Waals surface area contributed by atoms with Gasteiger partial charge in [-0.3, -0.25) is 19.2 Å². The van der Waals surface area contributed by atoms with Crippen molar-refractivity contribution in [2.24, 2.45) is 35.5 Å². The fraction of sp³-hybridized carbons (Fsp3) is 0.543. The highest BCUT2D eigenvalue weighted by Crippen LogP contribution is 2.50. The van der Waals surface area contributed by atoms with Crippen LogP contribution in [0.1, 0.15) is 121 Å². The maximum absolute atomic E-state index is 13.7. The van der Waals surface area contributed by atoms with Gasteiger partial charge in [0.25, 0.3) is 11.8 Å². The van der Waals surface area contributed by atoms with Crippen molar-refractivity contribution in [1.29, 1.82) is 0 Å². The van der Waals surface area contributed by atoms with E-state index >= 15 is 0 Å². The number of carbonyl (C=O) groups excluding carboxylic acids is 4. The Morgan fingerprint density at radius 3 is 1.36 bits per heavy atom. The van der Waals surface area contributed by atoms with E-state index < -0.39 is 42.4 Å². The zero-order chi connectivity index (χ0) is 64.4. The van der Waals surface area contributed by atoms with Crippen LogP contribution in [0.3, 0.4) is 0 Å². The van der Waals surface area contributed by atoms with Gasteiger partial charge >= 0.3 is 0 Å². The lowest BCUT2D eigenvalue weighted by Gasteiger charge is -2.46. The number of methoxy groups -OCH3 is 2. The number of amides is 4. The van der Waals surface area contributed by atoms with Crippen LogP contribution in [0.25, 0.3) is 0 Å². The number of aryl methyl sites for hydroxylation is 2. The molecule has 12 atom stereocenters. The maximum atomic E-state index is 13.7. The van der Waals surface area contributed by atoms with Crippen LogP contribution >= 0.6 is 23.2 Å². The van der Waals surface area contributed by atoms with E-state index in [0.717, 1.165) is 98.7 Å². The molecule has 18 nitrogen and oxygen atoms in total. The van der Waals surface area contributed by atoms with Gasteiger partial charge in [-0.15, -0.1) is 0 Å². The van der Waals surface area contributed by atoms with Gasteiger partial charge in [-0.05, 0) is 184 Å². The summed E-state index contributed by atoms with van der Waals surface area (Å²) in [6, 6.07) is 22.8. The normalized spacial score (nSPS) is 32.6. The average Bonchev–Trinajstić information content (AvgIpc) is 1.30. The number of carbonyl (C=O) groups is 4. The van der Waals surface area contributed by atoms with Gasteiger partial charge in [0.15, 0.2) is 0 Å². The third-order valence-electron chi connectivity index (χ3n) is 22.3. The summed E-state index contributed by atoms with van der Waals surface area (Å²) in [5.74, 6) is 0.320. The number of halogens is 2. The van der Waals surface area contributed by atoms with Crippen LogP contribution in [0.2, 0.25) is 10.0 Å². The molecule has 6 aliphatic heterocycles. The Morgan fingerprint density at radius 2 is 0.978 bits per heavy atom. The van der Waals surface area contributed by atoms with Gasteiger partial charge in [-0.2, -0.15) is 0 Å². The number of benzene rings is 4. The van der Waals surface area contributed by atoms with Crippen LogP contribution in [0.4, 0.5) is 11.4 Å². The molecule has 6 heterocycles. The first kappa shape index (κ1) is 64.5. The lowest BCUT2D eigenvalue weighted by atomic mass is 9.68. The van der Waals surface area contributed by atoms with Crippen molar-refractivity contribution in [2.45, 2.75) is 124 Å². The van der Waals surface area contributed by atoms with Crippen molar-refractivity contribution in [3.63, 3.8) is 0 Å². The number of allylic oxidation sites excluding steroid dienone is 2. The first-order valence-corrected chi connectivity index (χ1v) is 36.6. The van der Waals surface area contributed by atoms with Gasteiger partial charge in [0.2, 0.25) is 31.9 Å². The van der Waals surface area contributed by atoms with E-state index in [1.54, 1.807) is 60.4 Å². The van der Waals surface area contributed by atoms with Gasteiger partial charge < -0.3 is 38.5 Å². The molecule has 10 aliphatic rings. The minimum atomic E-state index is -4.09. The number of rotatable bonds is 2. The highest BCUT2D eigenvalue weighted by atomic mass is 35.5. The Bertz CT molecular complexity index is 3610. The van der Waals surface area contributed by atoms with Gasteiger partial charge in [-0.25, -0.2) is 26.3 Å². The first-order chi connectivity index (χ1) is 44.1. The highest BCUT2D eigenvalue weighted by Gasteiger charge is 2.49. The third kappa shape index (κ3) is 12.6. The second-order valence-corrected chi connectivity index (χ2v) is 32.4. The average molecular weight is 1340 g/mol. The molecule has 492 valence electrons. The number of fused-ring (bicyclic) bond motifs is 10. The summed E-state index contributed by atoms with van der Waals surface area (Å²) in [6.45, 7) is 7.59. The molecule has 4 bridgehead atoms. The van der Waals surface area contributed by atoms with Crippen LogP contribution in [0.15, 0.2) is 97.1 Å². The Morgan fingerprint density at radius 1 is 0.554 bits per heavy atom. The lowest BCUT2D eigenvalue weighted by molar-refractivity contribution is -0.128. The van der Waals surface area contributed by atoms with Crippen LogP contribution in [0, 0.1) is 35.5 Å². The van der Waals surface area contributed by atoms with Crippen molar-refractivity contribution in [2.75, 3.05) is 89.6 Å². The van der Waals surface area contributed by atoms with Gasteiger partial charge in [0.05, 0.1) is 36.8 Å². The second-order valence-electron chi connectivity index (χ2n) is 27.7. The molecule has 4 aromatic rings. The predicted molar refractivity (Wildman–Crippen MR) is 354 cm³/mol. The standard InChI is InChI=1S/2C35H42ClN3O6S/c2*1-22(40)38-18-26-5-3-7-31(44-2)28-11-8-25(28)17-39-20-35(14-4-6-23-15-27(36)10-12-29(23)35)21-45-32-13-9-24(16-30(32)39)34(41)37-46(42,43)33(26)19-38/h2*3,7,9-10,12-13,15-16,25-26,28,31,33H,4-6,8,11,14,17-21H2,1-2H3,(H,37,41)/b2*7-3+/t25-,26+,28+,31-,33+,35-;25-,26-,28+,31-,33-,35-/m00/s1. The molecule has 22 heteroatoms. The Balaban J connectivity index is 0.000000168. The molecular formula is C70H84Cl2N6O12S2. The SMILES string of the molecule is CO[C@H]1/C=C/C[C@@H]2CN(C(C)=O)C[C@H]2S(=O)(=O)NC(=O)c2ccc3c(c2)N(C[C@@H]2CC[C@H]21)C[C@@]1(CCCc2cc(Cl)ccc21)CO3.CO[C@H]1/C=C/C[C@H]2CN(C(C)=O)C[C@@H]2S(=O)(=O)NC(=O)c2ccc3c(c2)N(C[C@@H]2CC[C@H]21)C[C@@]1(CCCc2cc(Cl)ccc21)CO3. The van der Waals surface area contributed by atoms with Gasteiger partial charge in [0, 0.05) is 124 Å². The number of sulfonamides is 2. The van der Waals surface area contributed by atoms with Gasteiger partial charge in [0.1, 0.15) is 22.0 Å². The van der Waals surface area contributed by atoms with E-state index in [1.807, 2.05) is 24.3 Å². The molecule has 4 aromatic carbocycles. The summed E-state index contributed by atoms with van der Waals surface area (Å²) in [7, 11) is -4.72. The second kappa shape index (κ2) is 25.9. The van der Waals surface area contributed by atoms with E-state index in [-0.39, 0.29) is 70.9 Å². The van der Waals surface area contributed by atoms with E-state index in [0.29, 0.717) is 87.4 Å². The molecular weight excluding hydrogens is 1250 g/mol. The maximum Gasteiger partial charge on any atom is 0.264 e. The highest BCUT2D eigenvalue weighted by molar-refractivity contribution is 7.91. The molecule has 2 saturated carbocycles. The van der Waals surface area contributed by atoms with Gasteiger partial charge in [-0.1, -0.05) is 59.6 Å². The van der Waals surface area contributed by atoms with Crippen LogP contribution in [-0.4, -0.2) is 153 Å². The summed E-state index contributed by atoms with van der Waals surface area (Å²) in [4.78, 5) is 59.6. The molecule has 0 unspecified atom stereocenters. The predicted octanol–water partition coefficient (Wildman–Crippen LogP) is 9.44. The lowest BCUT2D eigenvalue weighted by Crippen LogP contribution is -2.49. The molecule has 92 heavy (non-hydrogen) atoms. The number of anilines is 2. The van der Waals surface area contributed by atoms with Crippen LogP contribution in [0.5, 0.6) is 11.5 Å². The monoisotopic (exact) mass is 1330 g/mol. The summed E-state index contributed by atoms with van der Waals surface area (Å²) >= 11 is 12.8. The first-order valence-electron chi connectivity index (χ1n) is 32.8. The topological polar surface area (TPSA) is 210 Å². The molecule has 4 aliphatic carbocycles. The molecule has 2 spiro atoms. The van der Waals surface area contributed by atoms with Crippen molar-refractivity contribution >= 4 is 78.3 Å². The number of likely N-dealkylation sites (tertiary alicyclic amines) is 2. The molecule has 2 N–H and O–H groups in total. The largest absolute Gasteiger partial charge is 0.490 e. The Kier molecular flexibility index (Phi) is 18.1. The smallest absolute Gasteiger partial charge is 0.264 e.